The molecule has 2 bridgehead atoms. The van der Waals surface area contributed by atoms with E-state index in [4.69, 9.17) is 9.47 Å². The molecule has 0 radical (unpaired) electrons. The van der Waals surface area contributed by atoms with Crippen LogP contribution in [0.1, 0.15) is 45.1 Å². The average Bonchev–Trinajstić information content (AvgIpc) is 2.83. The third-order valence-electron chi connectivity index (χ3n) is 7.13. The van der Waals surface area contributed by atoms with Gasteiger partial charge in [0.2, 0.25) is 11.8 Å². The van der Waals surface area contributed by atoms with Crippen molar-refractivity contribution in [1.82, 2.24) is 15.5 Å². The maximum absolute atomic E-state index is 13.0. The van der Waals surface area contributed by atoms with Crippen LogP contribution >= 0.6 is 0 Å². The van der Waals surface area contributed by atoms with Gasteiger partial charge < -0.3 is 29.9 Å². The van der Waals surface area contributed by atoms with E-state index in [-0.39, 0.29) is 17.9 Å². The lowest BCUT2D eigenvalue weighted by Crippen LogP contribution is -2.47. The summed E-state index contributed by atoms with van der Waals surface area (Å²) in [4.78, 5) is 29.7. The molecule has 2 atom stereocenters. The van der Waals surface area contributed by atoms with Gasteiger partial charge in [-0.25, -0.2) is 0 Å². The molecular formula is C26H40N4O4. The lowest BCUT2D eigenvalue weighted by atomic mass is 9.80. The number of fused-ring (bicyclic) bond motifs is 3. The molecule has 3 aliphatic rings. The number of rotatable bonds is 4. The third kappa shape index (κ3) is 6.63. The normalized spacial score (nSPS) is 24.4. The molecule has 2 amide bonds. The van der Waals surface area contributed by atoms with Crippen molar-refractivity contribution >= 4 is 17.5 Å². The van der Waals surface area contributed by atoms with Gasteiger partial charge in [0.05, 0.1) is 26.4 Å². The summed E-state index contributed by atoms with van der Waals surface area (Å²) >= 11 is 0. The molecule has 8 heteroatoms. The zero-order chi connectivity index (χ0) is 23.9. The van der Waals surface area contributed by atoms with Gasteiger partial charge in [-0.2, -0.15) is 0 Å². The fourth-order valence-corrected chi connectivity index (χ4v) is 5.33. The van der Waals surface area contributed by atoms with Crippen LogP contribution in [0.5, 0.6) is 5.75 Å². The summed E-state index contributed by atoms with van der Waals surface area (Å²) in [5.74, 6) is 1.77. The molecule has 0 spiro atoms. The zero-order valence-corrected chi connectivity index (χ0v) is 20.7. The van der Waals surface area contributed by atoms with Crippen LogP contribution in [0, 0.1) is 11.8 Å². The van der Waals surface area contributed by atoms with Crippen LogP contribution in [0.3, 0.4) is 0 Å². The number of benzene rings is 1. The predicted octanol–water partition coefficient (Wildman–Crippen LogP) is 2.16. The molecule has 3 heterocycles. The van der Waals surface area contributed by atoms with Gasteiger partial charge in [0, 0.05) is 56.4 Å². The standard InChI is InChI=1S/C26H40N4O4/c1-19(2)28-25(31)15-20-7-8-30-18-21(20)4-3-11-34-24-6-5-23(29-9-12-33-13-10-29)14-22(24)16-27-17-26(30)32/h5-6,14,19-21,27H,3-4,7-13,15-18H2,1-2H3,(H,28,31)/t20-,21-/m0/s1. The molecule has 1 aromatic rings. The monoisotopic (exact) mass is 472 g/mol. The predicted molar refractivity (Wildman–Crippen MR) is 132 cm³/mol. The van der Waals surface area contributed by atoms with Crippen LogP contribution in [-0.4, -0.2) is 75.3 Å². The zero-order valence-electron chi connectivity index (χ0n) is 20.7. The number of hydrogen-bond donors (Lipinski definition) is 2. The Hall–Kier alpha value is -2.32. The first kappa shape index (κ1) is 24.8. The van der Waals surface area contributed by atoms with Crippen LogP contribution in [0.15, 0.2) is 18.2 Å². The second-order valence-corrected chi connectivity index (χ2v) is 10.1. The van der Waals surface area contributed by atoms with E-state index < -0.39 is 0 Å². The smallest absolute Gasteiger partial charge is 0.236 e. The summed E-state index contributed by atoms with van der Waals surface area (Å²) in [5.41, 5.74) is 2.25. The Kier molecular flexibility index (Phi) is 8.67. The lowest BCUT2D eigenvalue weighted by Gasteiger charge is -2.38. The van der Waals surface area contributed by atoms with Gasteiger partial charge in [0.25, 0.3) is 0 Å². The maximum Gasteiger partial charge on any atom is 0.236 e. The number of morpholine rings is 1. The number of amides is 2. The summed E-state index contributed by atoms with van der Waals surface area (Å²) in [5, 5.41) is 6.37. The van der Waals surface area contributed by atoms with E-state index in [2.05, 4.69) is 33.7 Å². The first-order valence-corrected chi connectivity index (χ1v) is 12.9. The molecule has 188 valence electrons. The molecule has 1 aromatic carbocycles. The van der Waals surface area contributed by atoms with Gasteiger partial charge in [0.15, 0.2) is 0 Å². The largest absolute Gasteiger partial charge is 0.493 e. The van der Waals surface area contributed by atoms with E-state index in [1.807, 2.05) is 18.7 Å². The number of anilines is 1. The van der Waals surface area contributed by atoms with Crippen molar-refractivity contribution in [3.05, 3.63) is 23.8 Å². The van der Waals surface area contributed by atoms with Crippen molar-refractivity contribution in [2.75, 3.05) is 57.4 Å². The summed E-state index contributed by atoms with van der Waals surface area (Å²) in [6.07, 6.45) is 3.29. The first-order chi connectivity index (χ1) is 16.5. The molecule has 2 saturated heterocycles. The molecule has 2 N–H and O–H groups in total. The Morgan fingerprint density at radius 2 is 1.94 bits per heavy atom. The molecule has 0 unspecified atom stereocenters. The van der Waals surface area contributed by atoms with Crippen molar-refractivity contribution < 1.29 is 19.1 Å². The van der Waals surface area contributed by atoms with E-state index >= 15 is 0 Å². The topological polar surface area (TPSA) is 83.1 Å². The molecule has 8 nitrogen and oxygen atoms in total. The second kappa shape index (κ2) is 11.9. The van der Waals surface area contributed by atoms with Crippen molar-refractivity contribution in [3.63, 3.8) is 0 Å². The average molecular weight is 473 g/mol. The van der Waals surface area contributed by atoms with E-state index in [1.54, 1.807) is 0 Å². The third-order valence-corrected chi connectivity index (χ3v) is 7.13. The summed E-state index contributed by atoms with van der Waals surface area (Å²) < 4.78 is 11.7. The first-order valence-electron chi connectivity index (χ1n) is 12.9. The molecule has 2 fully saturated rings. The summed E-state index contributed by atoms with van der Waals surface area (Å²) in [6, 6.07) is 6.51. The highest BCUT2D eigenvalue weighted by atomic mass is 16.5. The Bertz CT molecular complexity index is 840. The molecule has 4 rings (SSSR count). The minimum Gasteiger partial charge on any atom is -0.493 e. The fourth-order valence-electron chi connectivity index (χ4n) is 5.33. The number of hydrogen-bond acceptors (Lipinski definition) is 6. The molecule has 0 saturated carbocycles. The quantitative estimate of drug-likeness (QED) is 0.699. The highest BCUT2D eigenvalue weighted by molar-refractivity contribution is 5.79. The SMILES string of the molecule is CC(C)NC(=O)C[C@@H]1CCN2C[C@@H]1CCCOc1ccc(N3CCOCC3)cc1CNCC2=O. The maximum atomic E-state index is 13.0. The van der Waals surface area contributed by atoms with Crippen LogP contribution in [0.2, 0.25) is 0 Å². The van der Waals surface area contributed by atoms with Gasteiger partial charge in [-0.15, -0.1) is 0 Å². The molecule has 34 heavy (non-hydrogen) atoms. The van der Waals surface area contributed by atoms with E-state index in [1.165, 1.54) is 5.69 Å². The number of nitrogens with one attached hydrogen (secondary N) is 2. The van der Waals surface area contributed by atoms with E-state index in [0.29, 0.717) is 38.0 Å². The minimum atomic E-state index is 0.116. The highest BCUT2D eigenvalue weighted by Gasteiger charge is 2.32. The second-order valence-electron chi connectivity index (χ2n) is 10.1. The number of carbonyl (C=O) groups is 2. The van der Waals surface area contributed by atoms with Crippen LogP contribution in [0.25, 0.3) is 0 Å². The lowest BCUT2D eigenvalue weighted by molar-refractivity contribution is -0.133. The van der Waals surface area contributed by atoms with Gasteiger partial charge in [-0.1, -0.05) is 0 Å². The summed E-state index contributed by atoms with van der Waals surface area (Å²) in [6.45, 7) is 10.2. The van der Waals surface area contributed by atoms with Gasteiger partial charge in [-0.3, -0.25) is 9.59 Å². The molecule has 3 aliphatic heterocycles. The molecule has 0 aromatic heterocycles. The van der Waals surface area contributed by atoms with E-state index in [0.717, 1.165) is 70.0 Å². The van der Waals surface area contributed by atoms with Crippen molar-refractivity contribution in [2.24, 2.45) is 11.8 Å². The number of carbonyl (C=O) groups excluding carboxylic acids is 2. The molecule has 0 aliphatic carbocycles. The van der Waals surface area contributed by atoms with Crippen LogP contribution in [0.4, 0.5) is 5.69 Å². The van der Waals surface area contributed by atoms with Crippen molar-refractivity contribution in [1.29, 1.82) is 0 Å². The van der Waals surface area contributed by atoms with Gasteiger partial charge in [-0.05, 0) is 63.1 Å². The number of ether oxygens (including phenoxy) is 2. The van der Waals surface area contributed by atoms with Crippen LogP contribution < -0.4 is 20.3 Å². The van der Waals surface area contributed by atoms with Crippen LogP contribution in [-0.2, 0) is 20.9 Å². The Morgan fingerprint density at radius 1 is 1.12 bits per heavy atom. The highest BCUT2D eigenvalue weighted by Crippen LogP contribution is 2.31. The Labute approximate surface area is 203 Å². The molecular weight excluding hydrogens is 432 g/mol. The fraction of sp³-hybridized carbons (Fsp3) is 0.692. The Balaban J connectivity index is 1.43. The van der Waals surface area contributed by atoms with Crippen molar-refractivity contribution in [3.8, 4) is 5.75 Å². The van der Waals surface area contributed by atoms with Gasteiger partial charge in [0.1, 0.15) is 5.75 Å². The number of piperidine rings is 1. The minimum absolute atomic E-state index is 0.116. The van der Waals surface area contributed by atoms with Crippen molar-refractivity contribution in [2.45, 2.75) is 52.1 Å². The van der Waals surface area contributed by atoms with Gasteiger partial charge >= 0.3 is 0 Å². The number of nitrogens with zero attached hydrogens (tertiary/aromatic N) is 2. The summed E-state index contributed by atoms with van der Waals surface area (Å²) in [7, 11) is 0. The van der Waals surface area contributed by atoms with E-state index in [9.17, 15) is 9.59 Å². The Morgan fingerprint density at radius 3 is 2.74 bits per heavy atom.